The Kier molecular flexibility index (Phi) is 11.2. The Morgan fingerprint density at radius 3 is 2.77 bits per heavy atom. The van der Waals surface area contributed by atoms with Crippen LogP contribution in [-0.4, -0.2) is 83.0 Å². The molecule has 4 heterocycles. The number of carboxylic acids is 1. The first-order chi connectivity index (χ1) is 19.5. The first kappa shape index (κ1) is 29.4. The molecule has 3 N–H and O–H groups in total. The molecular weight excluding hydrogens is 511 g/mol. The van der Waals surface area contributed by atoms with Gasteiger partial charge in [-0.3, -0.25) is 4.98 Å². The molecular formula is C30H39FN6O3. The van der Waals surface area contributed by atoms with Gasteiger partial charge < -0.3 is 25.4 Å². The molecule has 214 valence electrons. The van der Waals surface area contributed by atoms with Crippen molar-refractivity contribution >= 4 is 17.6 Å². The van der Waals surface area contributed by atoms with Crippen molar-refractivity contribution in [2.45, 2.75) is 50.7 Å². The number of nitrogens with one attached hydrogen (secondary N) is 2. The van der Waals surface area contributed by atoms with Crippen LogP contribution in [-0.2, 0) is 22.4 Å². The summed E-state index contributed by atoms with van der Waals surface area (Å²) in [6.07, 6.45) is 9.03. The fraction of sp³-hybridized carbons (Fsp3) is 0.467. The van der Waals surface area contributed by atoms with Crippen molar-refractivity contribution in [1.29, 1.82) is 0 Å². The maximum Gasteiger partial charge on any atom is 0.326 e. The van der Waals surface area contributed by atoms with Crippen LogP contribution in [0.4, 0.5) is 16.0 Å². The van der Waals surface area contributed by atoms with Crippen molar-refractivity contribution < 1.29 is 19.0 Å². The molecule has 2 atom stereocenters. The molecule has 0 fully saturated rings. The molecule has 0 radical (unpaired) electrons. The van der Waals surface area contributed by atoms with E-state index in [0.29, 0.717) is 25.3 Å². The number of pyridine rings is 3. The number of carbonyl (C=O) groups is 1. The Balaban J connectivity index is 1.32. The summed E-state index contributed by atoms with van der Waals surface area (Å²) >= 11 is 0. The Labute approximate surface area is 235 Å². The highest BCUT2D eigenvalue weighted by atomic mass is 19.1. The fourth-order valence-corrected chi connectivity index (χ4v) is 4.94. The summed E-state index contributed by atoms with van der Waals surface area (Å²) in [6, 6.07) is 10.9. The number of aryl methyl sites for hydroxylation is 2. The maximum absolute atomic E-state index is 14.5. The van der Waals surface area contributed by atoms with E-state index in [1.165, 1.54) is 12.7 Å². The topological polar surface area (TPSA) is 113 Å². The molecule has 1 aliphatic rings. The van der Waals surface area contributed by atoms with Gasteiger partial charge in [-0.25, -0.2) is 19.2 Å². The molecule has 3 aromatic heterocycles. The Hall–Kier alpha value is -3.63. The lowest BCUT2D eigenvalue weighted by Crippen LogP contribution is -2.38. The van der Waals surface area contributed by atoms with Gasteiger partial charge in [0.15, 0.2) is 0 Å². The minimum Gasteiger partial charge on any atom is -0.480 e. The summed E-state index contributed by atoms with van der Waals surface area (Å²) < 4.78 is 19.5. The SMILES string of the molecule is COC[C@@H](F)CN(CCCCc1ccc2c(n1)NCCC2)CC[C@H](Nc1cc(-c2ccncc2)ccn1)C(=O)O. The number of rotatable bonds is 16. The number of hydrogen-bond acceptors (Lipinski definition) is 8. The summed E-state index contributed by atoms with van der Waals surface area (Å²) in [4.78, 5) is 27.2. The first-order valence-corrected chi connectivity index (χ1v) is 14.0. The highest BCUT2D eigenvalue weighted by molar-refractivity contribution is 5.77. The third-order valence-corrected chi connectivity index (χ3v) is 7.04. The lowest BCUT2D eigenvalue weighted by Gasteiger charge is -2.26. The summed E-state index contributed by atoms with van der Waals surface area (Å²) in [5.41, 5.74) is 4.20. The van der Waals surface area contributed by atoms with Crippen molar-refractivity contribution in [1.82, 2.24) is 19.9 Å². The quantitative estimate of drug-likeness (QED) is 0.223. The number of aromatic nitrogens is 3. The van der Waals surface area contributed by atoms with Gasteiger partial charge in [0.2, 0.25) is 0 Å². The van der Waals surface area contributed by atoms with Gasteiger partial charge in [0.1, 0.15) is 23.8 Å². The molecule has 0 amide bonds. The van der Waals surface area contributed by atoms with E-state index in [1.807, 2.05) is 29.2 Å². The number of anilines is 2. The molecule has 3 aromatic rings. The van der Waals surface area contributed by atoms with Crippen LogP contribution in [0.3, 0.4) is 0 Å². The molecule has 9 nitrogen and oxygen atoms in total. The van der Waals surface area contributed by atoms with E-state index in [4.69, 9.17) is 9.72 Å². The van der Waals surface area contributed by atoms with Crippen LogP contribution in [0.1, 0.15) is 36.9 Å². The summed E-state index contributed by atoms with van der Waals surface area (Å²) in [5, 5.41) is 16.3. The average Bonchev–Trinajstić information content (AvgIpc) is 2.97. The zero-order valence-electron chi connectivity index (χ0n) is 23.1. The predicted molar refractivity (Wildman–Crippen MR) is 154 cm³/mol. The van der Waals surface area contributed by atoms with Gasteiger partial charge in [0.25, 0.3) is 0 Å². The van der Waals surface area contributed by atoms with Crippen LogP contribution in [0.15, 0.2) is 55.0 Å². The third kappa shape index (κ3) is 8.96. The number of aliphatic carboxylic acids is 1. The van der Waals surface area contributed by atoms with Gasteiger partial charge in [0.05, 0.1) is 6.61 Å². The lowest BCUT2D eigenvalue weighted by atomic mass is 10.1. The number of fused-ring (bicyclic) bond motifs is 1. The van der Waals surface area contributed by atoms with Crippen molar-refractivity contribution in [2.75, 3.05) is 50.5 Å². The van der Waals surface area contributed by atoms with Gasteiger partial charge >= 0.3 is 5.97 Å². The van der Waals surface area contributed by atoms with Crippen LogP contribution in [0, 0.1) is 0 Å². The van der Waals surface area contributed by atoms with Crippen molar-refractivity contribution in [2.24, 2.45) is 0 Å². The van der Waals surface area contributed by atoms with E-state index in [-0.39, 0.29) is 13.2 Å². The molecule has 0 aromatic carbocycles. The number of alkyl halides is 1. The van der Waals surface area contributed by atoms with E-state index in [9.17, 15) is 14.3 Å². The lowest BCUT2D eigenvalue weighted by molar-refractivity contribution is -0.138. The van der Waals surface area contributed by atoms with Gasteiger partial charge in [-0.1, -0.05) is 6.07 Å². The standard InChI is InChI=1S/C30H39FN6O3/c1-40-21-25(31)20-37(17-3-2-6-26-8-7-23-5-4-13-34-29(23)35-26)18-12-27(30(38)39)36-28-19-24(11-16-33-28)22-9-14-32-15-10-22/h7-11,14-16,19,25,27H,2-6,12-13,17-18,20-21H2,1H3,(H,33,36)(H,34,35)(H,38,39)/t25-,27-/m0/s1. The average molecular weight is 551 g/mol. The second-order valence-corrected chi connectivity index (χ2v) is 10.1. The van der Waals surface area contributed by atoms with Crippen molar-refractivity contribution in [3.8, 4) is 11.1 Å². The van der Waals surface area contributed by atoms with E-state index >= 15 is 0 Å². The zero-order valence-corrected chi connectivity index (χ0v) is 23.1. The normalized spacial score (nSPS) is 14.3. The molecule has 0 unspecified atom stereocenters. The molecule has 0 saturated carbocycles. The first-order valence-electron chi connectivity index (χ1n) is 14.0. The second-order valence-electron chi connectivity index (χ2n) is 10.1. The van der Waals surface area contributed by atoms with E-state index in [0.717, 1.165) is 61.3 Å². The van der Waals surface area contributed by atoms with Crippen LogP contribution in [0.5, 0.6) is 0 Å². The molecule has 1 aliphatic heterocycles. The van der Waals surface area contributed by atoms with Crippen LogP contribution < -0.4 is 10.6 Å². The maximum atomic E-state index is 14.5. The number of halogens is 1. The van der Waals surface area contributed by atoms with E-state index in [1.54, 1.807) is 18.6 Å². The van der Waals surface area contributed by atoms with Crippen LogP contribution >= 0.6 is 0 Å². The number of unbranched alkanes of at least 4 members (excludes halogenated alkanes) is 1. The number of ether oxygens (including phenoxy) is 1. The van der Waals surface area contributed by atoms with E-state index in [2.05, 4.69) is 32.7 Å². The predicted octanol–water partition coefficient (Wildman–Crippen LogP) is 4.46. The zero-order chi connectivity index (χ0) is 28.2. The molecule has 0 bridgehead atoms. The van der Waals surface area contributed by atoms with Crippen LogP contribution in [0.2, 0.25) is 0 Å². The molecule has 0 aliphatic carbocycles. The Bertz CT molecular complexity index is 1220. The summed E-state index contributed by atoms with van der Waals surface area (Å²) in [7, 11) is 1.48. The number of carboxylic acid groups (broad SMARTS) is 1. The second kappa shape index (κ2) is 15.2. The molecule has 0 spiro atoms. The smallest absolute Gasteiger partial charge is 0.326 e. The monoisotopic (exact) mass is 550 g/mol. The molecule has 10 heteroatoms. The fourth-order valence-electron chi connectivity index (χ4n) is 4.94. The van der Waals surface area contributed by atoms with Crippen molar-refractivity contribution in [3.63, 3.8) is 0 Å². The number of hydrogen-bond donors (Lipinski definition) is 3. The van der Waals surface area contributed by atoms with Gasteiger partial charge in [-0.2, -0.15) is 0 Å². The van der Waals surface area contributed by atoms with Crippen LogP contribution in [0.25, 0.3) is 11.1 Å². The number of methoxy groups -OCH3 is 1. The Morgan fingerprint density at radius 1 is 1.15 bits per heavy atom. The molecule has 0 saturated heterocycles. The van der Waals surface area contributed by atoms with Gasteiger partial charge in [-0.15, -0.1) is 0 Å². The highest BCUT2D eigenvalue weighted by Crippen LogP contribution is 2.22. The largest absolute Gasteiger partial charge is 0.480 e. The minimum absolute atomic E-state index is 0.00880. The van der Waals surface area contributed by atoms with Gasteiger partial charge in [-0.05, 0) is 92.1 Å². The van der Waals surface area contributed by atoms with Gasteiger partial charge in [0, 0.05) is 51.0 Å². The van der Waals surface area contributed by atoms with Crippen molar-refractivity contribution in [3.05, 3.63) is 66.2 Å². The molecule has 40 heavy (non-hydrogen) atoms. The molecule has 4 rings (SSSR count). The summed E-state index contributed by atoms with van der Waals surface area (Å²) in [5.74, 6) is 0.498. The Morgan fingerprint density at radius 2 is 1.98 bits per heavy atom. The highest BCUT2D eigenvalue weighted by Gasteiger charge is 2.21. The third-order valence-electron chi connectivity index (χ3n) is 7.04. The number of nitrogens with zero attached hydrogens (tertiary/aromatic N) is 4. The summed E-state index contributed by atoms with van der Waals surface area (Å²) in [6.45, 7) is 2.25. The van der Waals surface area contributed by atoms with E-state index < -0.39 is 18.2 Å². The minimum atomic E-state index is -1.15.